The van der Waals surface area contributed by atoms with Gasteiger partial charge in [-0.3, -0.25) is 0 Å². The third-order valence-electron chi connectivity index (χ3n) is 3.18. The standard InChI is InChI=1S/C11H20N2O2/c1-11(2,3)15-10(14)13(4)9-7-5-12-6-8(7)9/h7-9,12H,5-6H2,1-4H3/t7-,8+,9?. The minimum absolute atomic E-state index is 0.193. The number of ether oxygens (including phenoxy) is 1. The molecule has 2 aliphatic rings. The Morgan fingerprint density at radius 2 is 1.87 bits per heavy atom. The predicted molar refractivity (Wildman–Crippen MR) is 57.6 cm³/mol. The van der Waals surface area contributed by atoms with Gasteiger partial charge in [0.2, 0.25) is 0 Å². The normalized spacial score (nSPS) is 33.5. The second-order valence-corrected chi connectivity index (χ2v) is 5.57. The van der Waals surface area contributed by atoms with Crippen LogP contribution in [-0.2, 0) is 4.74 Å². The monoisotopic (exact) mass is 212 g/mol. The summed E-state index contributed by atoms with van der Waals surface area (Å²) in [7, 11) is 1.84. The van der Waals surface area contributed by atoms with Crippen molar-refractivity contribution in [2.75, 3.05) is 20.1 Å². The fourth-order valence-corrected chi connectivity index (χ4v) is 2.42. The van der Waals surface area contributed by atoms with Crippen molar-refractivity contribution >= 4 is 6.09 Å². The van der Waals surface area contributed by atoms with Gasteiger partial charge in [0, 0.05) is 26.2 Å². The average Bonchev–Trinajstić information content (AvgIpc) is 2.54. The highest BCUT2D eigenvalue weighted by molar-refractivity contribution is 5.69. The molecule has 0 bridgehead atoms. The van der Waals surface area contributed by atoms with Crippen LogP contribution in [0, 0.1) is 11.8 Å². The maximum atomic E-state index is 11.8. The number of fused-ring (bicyclic) bond motifs is 1. The van der Waals surface area contributed by atoms with Gasteiger partial charge in [-0.2, -0.15) is 0 Å². The zero-order valence-corrected chi connectivity index (χ0v) is 9.91. The van der Waals surface area contributed by atoms with Gasteiger partial charge in [-0.15, -0.1) is 0 Å². The summed E-state index contributed by atoms with van der Waals surface area (Å²) in [5, 5.41) is 3.32. The van der Waals surface area contributed by atoms with Gasteiger partial charge < -0.3 is 15.0 Å². The molecule has 4 heteroatoms. The first-order chi connectivity index (χ1) is 6.90. The summed E-state index contributed by atoms with van der Waals surface area (Å²) in [6.45, 7) is 7.78. The first-order valence-electron chi connectivity index (χ1n) is 5.56. The Bertz CT molecular complexity index is 262. The van der Waals surface area contributed by atoms with Gasteiger partial charge in [0.1, 0.15) is 5.60 Å². The van der Waals surface area contributed by atoms with E-state index in [-0.39, 0.29) is 6.09 Å². The molecule has 2 rings (SSSR count). The number of rotatable bonds is 1. The van der Waals surface area contributed by atoms with E-state index < -0.39 is 5.60 Å². The highest BCUT2D eigenvalue weighted by Gasteiger charge is 2.56. The van der Waals surface area contributed by atoms with Crippen molar-refractivity contribution in [3.05, 3.63) is 0 Å². The Morgan fingerprint density at radius 3 is 2.33 bits per heavy atom. The van der Waals surface area contributed by atoms with Crippen molar-refractivity contribution in [1.29, 1.82) is 0 Å². The molecule has 1 aliphatic heterocycles. The van der Waals surface area contributed by atoms with Crippen LogP contribution in [0.5, 0.6) is 0 Å². The van der Waals surface area contributed by atoms with E-state index in [0.29, 0.717) is 17.9 Å². The number of nitrogens with one attached hydrogen (secondary N) is 1. The number of nitrogens with zero attached hydrogens (tertiary/aromatic N) is 1. The second kappa shape index (κ2) is 3.37. The number of amides is 1. The van der Waals surface area contributed by atoms with E-state index in [1.165, 1.54) is 0 Å². The van der Waals surface area contributed by atoms with E-state index in [0.717, 1.165) is 13.1 Å². The maximum absolute atomic E-state index is 11.8. The number of carbonyl (C=O) groups excluding carboxylic acids is 1. The molecule has 0 aromatic heterocycles. The summed E-state index contributed by atoms with van der Waals surface area (Å²) in [6.07, 6.45) is -0.193. The van der Waals surface area contributed by atoms with Crippen LogP contribution in [0.25, 0.3) is 0 Å². The number of hydrogen-bond acceptors (Lipinski definition) is 3. The third kappa shape index (κ3) is 2.09. The van der Waals surface area contributed by atoms with Gasteiger partial charge in [0.05, 0.1) is 0 Å². The number of piperidine rings is 1. The molecule has 15 heavy (non-hydrogen) atoms. The molecular formula is C11H20N2O2. The van der Waals surface area contributed by atoms with Gasteiger partial charge >= 0.3 is 6.09 Å². The molecule has 1 aliphatic carbocycles. The van der Waals surface area contributed by atoms with E-state index >= 15 is 0 Å². The summed E-state index contributed by atoms with van der Waals surface area (Å²) < 4.78 is 5.33. The molecule has 1 saturated heterocycles. The van der Waals surface area contributed by atoms with Crippen LogP contribution in [0.2, 0.25) is 0 Å². The van der Waals surface area contributed by atoms with E-state index in [1.807, 2.05) is 27.8 Å². The molecular weight excluding hydrogens is 192 g/mol. The minimum atomic E-state index is -0.395. The Hall–Kier alpha value is -0.770. The van der Waals surface area contributed by atoms with Gasteiger partial charge in [0.15, 0.2) is 0 Å². The fourth-order valence-electron chi connectivity index (χ4n) is 2.42. The second-order valence-electron chi connectivity index (χ2n) is 5.57. The predicted octanol–water partition coefficient (Wildman–Crippen LogP) is 1.07. The number of carbonyl (C=O) groups is 1. The van der Waals surface area contributed by atoms with Gasteiger partial charge in [-0.1, -0.05) is 0 Å². The van der Waals surface area contributed by atoms with Crippen molar-refractivity contribution in [1.82, 2.24) is 10.2 Å². The Kier molecular flexibility index (Phi) is 2.41. The van der Waals surface area contributed by atoms with Crippen LogP contribution in [0.3, 0.4) is 0 Å². The van der Waals surface area contributed by atoms with E-state index in [1.54, 1.807) is 4.90 Å². The lowest BCUT2D eigenvalue weighted by molar-refractivity contribution is 0.0266. The molecule has 2 fully saturated rings. The lowest BCUT2D eigenvalue weighted by Gasteiger charge is -2.25. The lowest BCUT2D eigenvalue weighted by atomic mass is 10.2. The van der Waals surface area contributed by atoms with Crippen molar-refractivity contribution < 1.29 is 9.53 Å². The van der Waals surface area contributed by atoms with Crippen LogP contribution in [0.4, 0.5) is 4.79 Å². The van der Waals surface area contributed by atoms with Crippen molar-refractivity contribution in [3.8, 4) is 0 Å². The number of hydrogen-bond donors (Lipinski definition) is 1. The molecule has 0 aromatic rings. The smallest absolute Gasteiger partial charge is 0.410 e. The SMILES string of the molecule is CN(C(=O)OC(C)(C)C)C1[C@H]2CNC[C@@H]12. The van der Waals surface area contributed by atoms with Crippen LogP contribution in [0.15, 0.2) is 0 Å². The molecule has 0 spiro atoms. The molecule has 86 valence electrons. The third-order valence-corrected chi connectivity index (χ3v) is 3.18. The fraction of sp³-hybridized carbons (Fsp3) is 0.909. The van der Waals surface area contributed by atoms with Crippen LogP contribution >= 0.6 is 0 Å². The van der Waals surface area contributed by atoms with E-state index in [9.17, 15) is 4.79 Å². The minimum Gasteiger partial charge on any atom is -0.444 e. The van der Waals surface area contributed by atoms with Crippen molar-refractivity contribution in [3.63, 3.8) is 0 Å². The molecule has 1 heterocycles. The van der Waals surface area contributed by atoms with Gasteiger partial charge in [-0.05, 0) is 32.6 Å². The molecule has 4 nitrogen and oxygen atoms in total. The summed E-state index contributed by atoms with van der Waals surface area (Å²) in [6, 6.07) is 0.404. The largest absolute Gasteiger partial charge is 0.444 e. The summed E-state index contributed by atoms with van der Waals surface area (Å²) in [5.41, 5.74) is -0.395. The van der Waals surface area contributed by atoms with Crippen LogP contribution in [-0.4, -0.2) is 42.8 Å². The molecule has 0 aromatic carbocycles. The summed E-state index contributed by atoms with van der Waals surface area (Å²) in [5.74, 6) is 1.31. The maximum Gasteiger partial charge on any atom is 0.410 e. The molecule has 0 radical (unpaired) electrons. The van der Waals surface area contributed by atoms with Gasteiger partial charge in [0.25, 0.3) is 0 Å². The van der Waals surface area contributed by atoms with Crippen molar-refractivity contribution in [2.24, 2.45) is 11.8 Å². The highest BCUT2D eigenvalue weighted by atomic mass is 16.6. The highest BCUT2D eigenvalue weighted by Crippen LogP contribution is 2.45. The summed E-state index contributed by atoms with van der Waals surface area (Å²) in [4.78, 5) is 13.5. The Morgan fingerprint density at radius 1 is 1.33 bits per heavy atom. The molecule has 1 saturated carbocycles. The first kappa shape index (κ1) is 10.7. The lowest BCUT2D eigenvalue weighted by Crippen LogP contribution is -2.38. The first-order valence-corrected chi connectivity index (χ1v) is 5.56. The van der Waals surface area contributed by atoms with Gasteiger partial charge in [-0.25, -0.2) is 4.79 Å². The van der Waals surface area contributed by atoms with Crippen LogP contribution in [0.1, 0.15) is 20.8 Å². The zero-order valence-electron chi connectivity index (χ0n) is 9.91. The van der Waals surface area contributed by atoms with Crippen LogP contribution < -0.4 is 5.32 Å². The topological polar surface area (TPSA) is 41.6 Å². The Balaban J connectivity index is 1.87. The summed E-state index contributed by atoms with van der Waals surface area (Å²) >= 11 is 0. The van der Waals surface area contributed by atoms with E-state index in [2.05, 4.69) is 5.32 Å². The molecule has 1 N–H and O–H groups in total. The Labute approximate surface area is 91.0 Å². The zero-order chi connectivity index (χ0) is 11.2. The molecule has 1 amide bonds. The van der Waals surface area contributed by atoms with Crippen molar-refractivity contribution in [2.45, 2.75) is 32.4 Å². The van der Waals surface area contributed by atoms with E-state index in [4.69, 9.17) is 4.74 Å². The molecule has 3 atom stereocenters. The molecule has 1 unspecified atom stereocenters. The average molecular weight is 212 g/mol. The quantitative estimate of drug-likeness (QED) is 0.707.